The predicted octanol–water partition coefficient (Wildman–Crippen LogP) is 1.91. The smallest absolute Gasteiger partial charge is 0.0537 e. The van der Waals surface area contributed by atoms with E-state index in [-0.39, 0.29) is 11.5 Å². The van der Waals surface area contributed by atoms with Crippen molar-refractivity contribution in [3.05, 3.63) is 23.5 Å². The van der Waals surface area contributed by atoms with E-state index in [2.05, 4.69) is 37.9 Å². The van der Waals surface area contributed by atoms with Crippen LogP contribution in [0.2, 0.25) is 0 Å². The first-order valence-corrected chi connectivity index (χ1v) is 6.06. The molecule has 0 bridgehead atoms. The summed E-state index contributed by atoms with van der Waals surface area (Å²) in [5, 5.41) is 8.01. The van der Waals surface area contributed by atoms with Gasteiger partial charge >= 0.3 is 0 Å². The molecule has 0 spiro atoms. The maximum Gasteiger partial charge on any atom is 0.0537 e. The summed E-state index contributed by atoms with van der Waals surface area (Å²) in [5.74, 6) is 1.04. The Morgan fingerprint density at radius 2 is 1.75 bits per heavy atom. The zero-order valence-electron chi connectivity index (χ0n) is 10.6. The fourth-order valence-electron chi connectivity index (χ4n) is 3.65. The first kappa shape index (κ1) is 11.5. The molecule has 1 aliphatic carbocycles. The second-order valence-corrected chi connectivity index (χ2v) is 5.48. The molecule has 16 heavy (non-hydrogen) atoms. The van der Waals surface area contributed by atoms with Crippen LogP contribution < -0.4 is 5.73 Å². The van der Waals surface area contributed by atoms with E-state index in [0.29, 0.717) is 11.8 Å². The highest BCUT2D eigenvalue weighted by atomic mass is 15.1. The fraction of sp³-hybridized carbons (Fsp3) is 0.692. The summed E-state index contributed by atoms with van der Waals surface area (Å²) in [6, 6.07) is 0.188. The van der Waals surface area contributed by atoms with Crippen LogP contribution in [0.1, 0.15) is 38.8 Å². The molecule has 1 atom stereocenters. The summed E-state index contributed by atoms with van der Waals surface area (Å²) in [4.78, 5) is 0. The SMILES string of the molecule is CC(C)C1(C(C)C)c2cnncc2C[C@H]1N. The number of nitrogens with two attached hydrogens (primary N) is 1. The van der Waals surface area contributed by atoms with Crippen LogP contribution in [0.4, 0.5) is 0 Å². The molecular weight excluding hydrogens is 198 g/mol. The van der Waals surface area contributed by atoms with Gasteiger partial charge in [-0.3, -0.25) is 0 Å². The largest absolute Gasteiger partial charge is 0.327 e. The Morgan fingerprint density at radius 3 is 2.31 bits per heavy atom. The van der Waals surface area contributed by atoms with E-state index in [1.54, 1.807) is 0 Å². The topological polar surface area (TPSA) is 51.8 Å². The zero-order valence-corrected chi connectivity index (χ0v) is 10.6. The molecule has 0 amide bonds. The van der Waals surface area contributed by atoms with Gasteiger partial charge in [-0.25, -0.2) is 0 Å². The Hall–Kier alpha value is -0.960. The van der Waals surface area contributed by atoms with Gasteiger partial charge in [-0.1, -0.05) is 27.7 Å². The normalized spacial score (nSPS) is 22.8. The van der Waals surface area contributed by atoms with Crippen molar-refractivity contribution in [1.29, 1.82) is 0 Å². The lowest BCUT2D eigenvalue weighted by molar-refractivity contribution is 0.189. The van der Waals surface area contributed by atoms with Gasteiger partial charge in [0, 0.05) is 11.5 Å². The molecule has 0 fully saturated rings. The second kappa shape index (κ2) is 3.81. The lowest BCUT2D eigenvalue weighted by atomic mass is 9.63. The maximum atomic E-state index is 6.41. The quantitative estimate of drug-likeness (QED) is 0.826. The molecule has 0 radical (unpaired) electrons. The first-order chi connectivity index (χ1) is 7.51. The maximum absolute atomic E-state index is 6.41. The van der Waals surface area contributed by atoms with E-state index in [1.807, 2.05) is 12.4 Å². The molecule has 3 nitrogen and oxygen atoms in total. The Balaban J connectivity index is 2.62. The van der Waals surface area contributed by atoms with Gasteiger partial charge in [-0.2, -0.15) is 10.2 Å². The Labute approximate surface area is 97.5 Å². The highest BCUT2D eigenvalue weighted by Crippen LogP contribution is 2.48. The molecule has 3 heteroatoms. The Morgan fingerprint density at radius 1 is 1.19 bits per heavy atom. The zero-order chi connectivity index (χ0) is 11.9. The molecule has 0 unspecified atom stereocenters. The van der Waals surface area contributed by atoms with Crippen molar-refractivity contribution in [2.45, 2.75) is 45.6 Å². The van der Waals surface area contributed by atoms with Gasteiger partial charge in [-0.05, 0) is 29.4 Å². The summed E-state index contributed by atoms with van der Waals surface area (Å²) in [5.41, 5.74) is 9.07. The fourth-order valence-corrected chi connectivity index (χ4v) is 3.65. The molecule has 88 valence electrons. The number of rotatable bonds is 2. The van der Waals surface area contributed by atoms with Gasteiger partial charge < -0.3 is 5.73 Å². The number of hydrogen-bond acceptors (Lipinski definition) is 3. The van der Waals surface area contributed by atoms with Crippen LogP contribution in [0.3, 0.4) is 0 Å². The monoisotopic (exact) mass is 219 g/mol. The summed E-state index contributed by atoms with van der Waals surface area (Å²) in [7, 11) is 0. The lowest BCUT2D eigenvalue weighted by Gasteiger charge is -2.42. The van der Waals surface area contributed by atoms with Crippen molar-refractivity contribution in [2.24, 2.45) is 17.6 Å². The molecule has 1 heterocycles. The third kappa shape index (κ3) is 1.31. The van der Waals surface area contributed by atoms with Crippen LogP contribution in [-0.4, -0.2) is 16.2 Å². The van der Waals surface area contributed by atoms with Crippen LogP contribution in [-0.2, 0) is 11.8 Å². The number of hydrogen-bond donors (Lipinski definition) is 1. The Kier molecular flexibility index (Phi) is 2.74. The van der Waals surface area contributed by atoms with Crippen molar-refractivity contribution in [2.75, 3.05) is 0 Å². The van der Waals surface area contributed by atoms with Crippen LogP contribution in [0, 0.1) is 11.8 Å². The van der Waals surface area contributed by atoms with Crippen molar-refractivity contribution in [3.63, 3.8) is 0 Å². The molecule has 0 aliphatic heterocycles. The van der Waals surface area contributed by atoms with Crippen molar-refractivity contribution in [3.8, 4) is 0 Å². The summed E-state index contributed by atoms with van der Waals surface area (Å²) in [6.07, 6.45) is 4.73. The third-order valence-electron chi connectivity index (χ3n) is 4.24. The van der Waals surface area contributed by atoms with E-state index < -0.39 is 0 Å². The van der Waals surface area contributed by atoms with Crippen LogP contribution in [0.15, 0.2) is 12.4 Å². The van der Waals surface area contributed by atoms with Crippen LogP contribution in [0.25, 0.3) is 0 Å². The summed E-state index contributed by atoms with van der Waals surface area (Å²) >= 11 is 0. The van der Waals surface area contributed by atoms with Gasteiger partial charge in [0.1, 0.15) is 0 Å². The van der Waals surface area contributed by atoms with E-state index in [0.717, 1.165) is 6.42 Å². The van der Waals surface area contributed by atoms with E-state index in [4.69, 9.17) is 5.73 Å². The minimum absolute atomic E-state index is 0.0608. The van der Waals surface area contributed by atoms with Gasteiger partial charge in [0.15, 0.2) is 0 Å². The van der Waals surface area contributed by atoms with Gasteiger partial charge in [-0.15, -0.1) is 0 Å². The standard InChI is InChI=1S/C13H21N3/c1-8(2)13(9(3)4)11-7-16-15-6-10(11)5-12(13)14/h6-9,12H,5,14H2,1-4H3/t12-/m1/s1. The van der Waals surface area contributed by atoms with E-state index in [9.17, 15) is 0 Å². The molecule has 1 aromatic heterocycles. The molecule has 0 aromatic carbocycles. The van der Waals surface area contributed by atoms with Gasteiger partial charge in [0.2, 0.25) is 0 Å². The molecule has 2 N–H and O–H groups in total. The minimum Gasteiger partial charge on any atom is -0.327 e. The number of fused-ring (bicyclic) bond motifs is 1. The van der Waals surface area contributed by atoms with Crippen molar-refractivity contribution < 1.29 is 0 Å². The molecule has 1 aromatic rings. The van der Waals surface area contributed by atoms with Crippen molar-refractivity contribution in [1.82, 2.24) is 10.2 Å². The minimum atomic E-state index is 0.0608. The summed E-state index contributed by atoms with van der Waals surface area (Å²) in [6.45, 7) is 9.04. The molecular formula is C13H21N3. The van der Waals surface area contributed by atoms with Crippen LogP contribution >= 0.6 is 0 Å². The van der Waals surface area contributed by atoms with E-state index >= 15 is 0 Å². The number of nitrogens with zero attached hydrogens (tertiary/aromatic N) is 2. The van der Waals surface area contributed by atoms with Crippen molar-refractivity contribution >= 4 is 0 Å². The van der Waals surface area contributed by atoms with E-state index in [1.165, 1.54) is 11.1 Å². The molecule has 2 rings (SSSR count). The average molecular weight is 219 g/mol. The lowest BCUT2D eigenvalue weighted by Crippen LogP contribution is -2.50. The predicted molar refractivity (Wildman–Crippen MR) is 65.1 cm³/mol. The molecule has 0 saturated carbocycles. The van der Waals surface area contributed by atoms with Crippen LogP contribution in [0.5, 0.6) is 0 Å². The van der Waals surface area contributed by atoms with Gasteiger partial charge in [0.25, 0.3) is 0 Å². The average Bonchev–Trinajstić information content (AvgIpc) is 2.50. The highest BCUT2D eigenvalue weighted by molar-refractivity contribution is 5.40. The highest BCUT2D eigenvalue weighted by Gasteiger charge is 2.49. The Bertz CT molecular complexity index is 377. The summed E-state index contributed by atoms with van der Waals surface area (Å²) < 4.78 is 0. The van der Waals surface area contributed by atoms with Gasteiger partial charge in [0.05, 0.1) is 12.4 Å². The molecule has 1 aliphatic rings. The molecule has 0 saturated heterocycles. The first-order valence-electron chi connectivity index (χ1n) is 6.06. The third-order valence-corrected chi connectivity index (χ3v) is 4.24. The second-order valence-electron chi connectivity index (χ2n) is 5.48. The number of aromatic nitrogens is 2.